The van der Waals surface area contributed by atoms with Crippen LogP contribution in [-0.4, -0.2) is 32.7 Å². The minimum atomic E-state index is -0.544. The molecule has 1 unspecified atom stereocenters. The van der Waals surface area contributed by atoms with E-state index in [0.29, 0.717) is 12.0 Å². The predicted octanol–water partition coefficient (Wildman–Crippen LogP) is -0.268. The Balaban J connectivity index is 2.34. The lowest BCUT2D eigenvalue weighted by molar-refractivity contribution is -0.0241. The van der Waals surface area contributed by atoms with E-state index in [9.17, 15) is 9.59 Å². The first kappa shape index (κ1) is 12.3. The van der Waals surface area contributed by atoms with Crippen molar-refractivity contribution in [2.24, 2.45) is 0 Å². The van der Waals surface area contributed by atoms with Gasteiger partial charge in [0.25, 0.3) is 5.56 Å². The third-order valence-electron chi connectivity index (χ3n) is 2.80. The highest BCUT2D eigenvalue weighted by Crippen LogP contribution is 2.30. The van der Waals surface area contributed by atoms with Crippen molar-refractivity contribution in [3.63, 3.8) is 0 Å². The number of aromatic nitrogens is 2. The van der Waals surface area contributed by atoms with Gasteiger partial charge in [-0.05, 0) is 6.92 Å². The molecule has 2 N–H and O–H groups in total. The summed E-state index contributed by atoms with van der Waals surface area (Å²) in [5, 5.41) is 8.67. The molecule has 2 rings (SSSR count). The highest BCUT2D eigenvalue weighted by molar-refractivity contribution is 6.21. The van der Waals surface area contributed by atoms with Crippen LogP contribution in [0.3, 0.4) is 0 Å². The summed E-state index contributed by atoms with van der Waals surface area (Å²) in [6, 6.07) is 0. The van der Waals surface area contributed by atoms with Crippen LogP contribution in [0.15, 0.2) is 15.8 Å². The number of hydrogen-bond acceptors (Lipinski definition) is 4. The number of halogens is 1. The molecule has 0 saturated carbocycles. The van der Waals surface area contributed by atoms with Gasteiger partial charge >= 0.3 is 5.69 Å². The van der Waals surface area contributed by atoms with E-state index in [0.717, 1.165) is 0 Å². The first-order valence-electron chi connectivity index (χ1n) is 5.25. The van der Waals surface area contributed by atoms with Crippen molar-refractivity contribution in [1.82, 2.24) is 9.55 Å². The number of aromatic amines is 1. The lowest BCUT2D eigenvalue weighted by Crippen LogP contribution is -2.33. The highest BCUT2D eigenvalue weighted by atomic mass is 35.5. The van der Waals surface area contributed by atoms with Crippen LogP contribution in [0.1, 0.15) is 18.2 Å². The van der Waals surface area contributed by atoms with Crippen LogP contribution in [0.5, 0.6) is 0 Å². The van der Waals surface area contributed by atoms with Gasteiger partial charge in [0.15, 0.2) is 0 Å². The van der Waals surface area contributed by atoms with Crippen LogP contribution in [0.2, 0.25) is 0 Å². The Morgan fingerprint density at radius 1 is 1.65 bits per heavy atom. The Morgan fingerprint density at radius 2 is 2.35 bits per heavy atom. The maximum absolute atomic E-state index is 11.6. The van der Waals surface area contributed by atoms with Crippen LogP contribution in [0.4, 0.5) is 0 Å². The molecule has 0 aromatic carbocycles. The second-order valence-corrected chi connectivity index (χ2v) is 4.60. The molecule has 0 aliphatic carbocycles. The summed E-state index contributed by atoms with van der Waals surface area (Å²) in [6.45, 7) is 1.41. The quantitative estimate of drug-likeness (QED) is 0.717. The number of nitrogens with one attached hydrogen (secondary N) is 1. The van der Waals surface area contributed by atoms with Gasteiger partial charge in [0.2, 0.25) is 0 Å². The fourth-order valence-electron chi connectivity index (χ4n) is 1.82. The summed E-state index contributed by atoms with van der Waals surface area (Å²) in [7, 11) is 0. The van der Waals surface area contributed by atoms with E-state index in [1.807, 2.05) is 0 Å². The molecule has 1 aliphatic rings. The van der Waals surface area contributed by atoms with E-state index in [4.69, 9.17) is 21.4 Å². The number of hydrogen-bond donors (Lipinski definition) is 2. The average Bonchev–Trinajstić information content (AvgIpc) is 2.65. The normalized spacial score (nSPS) is 28.5. The summed E-state index contributed by atoms with van der Waals surface area (Å²) in [5.74, 6) is 0. The molecule has 17 heavy (non-hydrogen) atoms. The summed E-state index contributed by atoms with van der Waals surface area (Å²) < 4.78 is 6.74. The van der Waals surface area contributed by atoms with Crippen molar-refractivity contribution in [3.8, 4) is 0 Å². The molecule has 2 heterocycles. The lowest BCUT2D eigenvalue weighted by atomic mass is 10.2. The summed E-state index contributed by atoms with van der Waals surface area (Å²) in [6.07, 6.45) is 0.825. The predicted molar refractivity (Wildman–Crippen MR) is 61.3 cm³/mol. The zero-order valence-electron chi connectivity index (χ0n) is 9.22. The topological polar surface area (TPSA) is 84.3 Å². The van der Waals surface area contributed by atoms with E-state index >= 15 is 0 Å². The summed E-state index contributed by atoms with van der Waals surface area (Å²) in [4.78, 5) is 25.0. The SMILES string of the molecule is Cc1cn([C@H]2CC(Cl)[C@@H](CO)O2)c(=O)[nH]c1=O. The Hall–Kier alpha value is -1.11. The van der Waals surface area contributed by atoms with Gasteiger partial charge in [0.05, 0.1) is 18.1 Å². The molecule has 1 saturated heterocycles. The van der Waals surface area contributed by atoms with Gasteiger partial charge in [-0.2, -0.15) is 0 Å². The van der Waals surface area contributed by atoms with E-state index in [-0.39, 0.29) is 12.0 Å². The third-order valence-corrected chi connectivity index (χ3v) is 3.26. The largest absolute Gasteiger partial charge is 0.394 e. The monoisotopic (exact) mass is 260 g/mol. The Kier molecular flexibility index (Phi) is 3.37. The maximum atomic E-state index is 11.6. The van der Waals surface area contributed by atoms with Crippen LogP contribution in [-0.2, 0) is 4.74 Å². The molecule has 3 atom stereocenters. The number of aliphatic hydroxyl groups excluding tert-OH is 1. The van der Waals surface area contributed by atoms with Crippen LogP contribution in [0.25, 0.3) is 0 Å². The molecule has 0 radical (unpaired) electrons. The van der Waals surface area contributed by atoms with Crippen molar-refractivity contribution in [2.45, 2.75) is 31.1 Å². The molecular weight excluding hydrogens is 248 g/mol. The van der Waals surface area contributed by atoms with Gasteiger partial charge < -0.3 is 9.84 Å². The number of rotatable bonds is 2. The maximum Gasteiger partial charge on any atom is 0.330 e. The van der Waals surface area contributed by atoms with Crippen molar-refractivity contribution in [2.75, 3.05) is 6.61 Å². The van der Waals surface area contributed by atoms with E-state index < -0.39 is 23.6 Å². The van der Waals surface area contributed by atoms with Crippen LogP contribution in [0, 0.1) is 6.92 Å². The fraction of sp³-hybridized carbons (Fsp3) is 0.600. The van der Waals surface area contributed by atoms with Crippen molar-refractivity contribution in [3.05, 3.63) is 32.6 Å². The number of nitrogens with zero attached hydrogens (tertiary/aromatic N) is 1. The zero-order valence-corrected chi connectivity index (χ0v) is 9.98. The average molecular weight is 261 g/mol. The van der Waals surface area contributed by atoms with Crippen molar-refractivity contribution >= 4 is 11.6 Å². The molecule has 7 heteroatoms. The molecule has 6 nitrogen and oxygen atoms in total. The molecule has 1 aliphatic heterocycles. The molecule has 94 valence electrons. The van der Waals surface area contributed by atoms with Gasteiger partial charge in [-0.25, -0.2) is 4.79 Å². The number of aliphatic hydroxyl groups is 1. The highest BCUT2D eigenvalue weighted by Gasteiger charge is 2.34. The second-order valence-electron chi connectivity index (χ2n) is 4.04. The van der Waals surface area contributed by atoms with Crippen LogP contribution >= 0.6 is 11.6 Å². The van der Waals surface area contributed by atoms with Gasteiger partial charge in [-0.1, -0.05) is 0 Å². The van der Waals surface area contributed by atoms with Crippen LogP contribution < -0.4 is 11.2 Å². The molecule has 1 aromatic heterocycles. The minimum Gasteiger partial charge on any atom is -0.394 e. The first-order valence-corrected chi connectivity index (χ1v) is 5.69. The molecule has 0 amide bonds. The first-order chi connectivity index (χ1) is 8.02. The van der Waals surface area contributed by atoms with E-state index in [2.05, 4.69) is 4.98 Å². The number of aryl methyl sites for hydroxylation is 1. The molecular formula is C10H13ClN2O4. The summed E-state index contributed by atoms with van der Waals surface area (Å²) >= 11 is 5.97. The number of H-pyrrole nitrogens is 1. The Bertz CT molecular complexity index is 524. The third kappa shape index (κ3) is 2.29. The van der Waals surface area contributed by atoms with E-state index in [1.54, 1.807) is 6.92 Å². The Labute approximate surface area is 102 Å². The van der Waals surface area contributed by atoms with E-state index in [1.165, 1.54) is 10.8 Å². The molecule has 0 spiro atoms. The number of alkyl halides is 1. The van der Waals surface area contributed by atoms with Crippen molar-refractivity contribution in [1.29, 1.82) is 0 Å². The zero-order chi connectivity index (χ0) is 12.6. The second kappa shape index (κ2) is 4.64. The van der Waals surface area contributed by atoms with Crippen molar-refractivity contribution < 1.29 is 9.84 Å². The smallest absolute Gasteiger partial charge is 0.330 e. The molecule has 1 aromatic rings. The van der Waals surface area contributed by atoms with Gasteiger partial charge in [0.1, 0.15) is 6.23 Å². The number of ether oxygens (including phenoxy) is 1. The minimum absolute atomic E-state index is 0.193. The standard InChI is InChI=1S/C10H13ClN2O4/c1-5-3-13(10(16)12-9(5)15)8-2-6(11)7(4-14)17-8/h3,6-8,14H,2,4H2,1H3,(H,12,15,16)/t6?,7-,8-/m1/s1. The molecule has 0 bridgehead atoms. The molecule has 1 fully saturated rings. The Morgan fingerprint density at radius 3 is 2.94 bits per heavy atom. The van der Waals surface area contributed by atoms with Gasteiger partial charge in [-0.3, -0.25) is 14.3 Å². The lowest BCUT2D eigenvalue weighted by Gasteiger charge is -2.14. The van der Waals surface area contributed by atoms with Gasteiger partial charge in [-0.15, -0.1) is 11.6 Å². The fourth-order valence-corrected chi connectivity index (χ4v) is 2.12. The summed E-state index contributed by atoms with van der Waals surface area (Å²) in [5.41, 5.74) is -0.523. The van der Waals surface area contributed by atoms with Gasteiger partial charge in [0, 0.05) is 18.2 Å².